The maximum absolute atomic E-state index is 5.68. The number of hydrogen-bond acceptors (Lipinski definition) is 4. The third kappa shape index (κ3) is 4.28. The van der Waals surface area contributed by atoms with E-state index in [9.17, 15) is 0 Å². The van der Waals surface area contributed by atoms with Crippen molar-refractivity contribution in [2.45, 2.75) is 19.6 Å². The van der Waals surface area contributed by atoms with Gasteiger partial charge in [0.25, 0.3) is 0 Å². The molecule has 19 heavy (non-hydrogen) atoms. The van der Waals surface area contributed by atoms with E-state index in [1.54, 1.807) is 0 Å². The van der Waals surface area contributed by atoms with E-state index < -0.39 is 0 Å². The zero-order chi connectivity index (χ0) is 13.7. The molecule has 2 aromatic rings. The number of ether oxygens (including phenoxy) is 1. The molecular weight excluding hydrogens is 326 g/mol. The van der Waals surface area contributed by atoms with Gasteiger partial charge in [0, 0.05) is 21.5 Å². The lowest BCUT2D eigenvalue weighted by molar-refractivity contribution is 0.343. The molecule has 1 heterocycles. The quantitative estimate of drug-likeness (QED) is 0.731. The molecule has 0 spiro atoms. The summed E-state index contributed by atoms with van der Waals surface area (Å²) in [6, 6.07) is 7.89. The van der Waals surface area contributed by atoms with Crippen molar-refractivity contribution in [2.24, 2.45) is 0 Å². The van der Waals surface area contributed by atoms with Gasteiger partial charge in [-0.3, -0.25) is 0 Å². The van der Waals surface area contributed by atoms with E-state index in [-0.39, 0.29) is 0 Å². The molecule has 102 valence electrons. The fourth-order valence-electron chi connectivity index (χ4n) is 1.66. The summed E-state index contributed by atoms with van der Waals surface area (Å²) in [5, 5.41) is 3.95. The first-order chi connectivity index (χ1) is 9.16. The highest BCUT2D eigenvalue weighted by atomic mass is 79.9. The van der Waals surface area contributed by atoms with Crippen molar-refractivity contribution in [3.63, 3.8) is 0 Å². The van der Waals surface area contributed by atoms with Crippen LogP contribution < -0.4 is 4.74 Å². The van der Waals surface area contributed by atoms with Crippen LogP contribution in [0.2, 0.25) is 0 Å². The first-order valence-electron chi connectivity index (χ1n) is 6.04. The van der Waals surface area contributed by atoms with Crippen molar-refractivity contribution in [2.75, 3.05) is 12.4 Å². The molecule has 0 aliphatic heterocycles. The van der Waals surface area contributed by atoms with Crippen molar-refractivity contribution in [1.29, 1.82) is 0 Å². The van der Waals surface area contributed by atoms with Gasteiger partial charge in [0.2, 0.25) is 0 Å². The fraction of sp³-hybridized carbons (Fsp3) is 0.357. The van der Waals surface area contributed by atoms with Crippen molar-refractivity contribution in [1.82, 2.24) is 5.16 Å². The largest absolute Gasteiger partial charge is 0.493 e. The van der Waals surface area contributed by atoms with Gasteiger partial charge in [0.05, 0.1) is 12.3 Å². The average molecular weight is 342 g/mol. The zero-order valence-corrected chi connectivity index (χ0v) is 13.4. The Morgan fingerprint density at radius 2 is 2.21 bits per heavy atom. The molecule has 2 rings (SSSR count). The van der Waals surface area contributed by atoms with Crippen molar-refractivity contribution in [3.05, 3.63) is 45.8 Å². The van der Waals surface area contributed by atoms with Crippen LogP contribution in [0, 0.1) is 13.8 Å². The molecular formula is C14H16BrNO2S. The number of nitrogens with zero attached hydrogens (tertiary/aromatic N) is 1. The molecule has 0 atom stereocenters. The Kier molecular flexibility index (Phi) is 5.34. The molecule has 0 unspecified atom stereocenters. The number of rotatable bonds is 6. The third-order valence-corrected chi connectivity index (χ3v) is 4.16. The fourth-order valence-corrected chi connectivity index (χ4v) is 3.00. The van der Waals surface area contributed by atoms with Gasteiger partial charge in [-0.2, -0.15) is 11.8 Å². The Hall–Kier alpha value is -0.940. The van der Waals surface area contributed by atoms with Gasteiger partial charge >= 0.3 is 0 Å². The Bertz CT molecular complexity index is 522. The normalized spacial score (nSPS) is 10.7. The molecule has 0 radical (unpaired) electrons. The Labute approximate surface area is 125 Å². The second-order valence-corrected chi connectivity index (χ2v) is 6.18. The van der Waals surface area contributed by atoms with Crippen LogP contribution in [0.4, 0.5) is 0 Å². The van der Waals surface area contributed by atoms with Crippen LogP contribution in [0.1, 0.15) is 17.0 Å². The number of hydrogen-bond donors (Lipinski definition) is 0. The number of benzene rings is 1. The first-order valence-corrected chi connectivity index (χ1v) is 7.99. The minimum absolute atomic E-state index is 0.699. The van der Waals surface area contributed by atoms with Gasteiger partial charge in [0.1, 0.15) is 11.5 Å². The number of halogens is 1. The highest BCUT2D eigenvalue weighted by Gasteiger charge is 2.08. The summed E-state index contributed by atoms with van der Waals surface area (Å²) in [7, 11) is 0. The molecule has 1 aromatic heterocycles. The second-order valence-electron chi connectivity index (χ2n) is 4.16. The van der Waals surface area contributed by atoms with Crippen molar-refractivity contribution >= 4 is 27.7 Å². The zero-order valence-electron chi connectivity index (χ0n) is 11.0. The molecule has 5 heteroatoms. The monoisotopic (exact) mass is 341 g/mol. The topological polar surface area (TPSA) is 35.3 Å². The molecule has 0 saturated heterocycles. The lowest BCUT2D eigenvalue weighted by Gasteiger charge is -2.06. The summed E-state index contributed by atoms with van der Waals surface area (Å²) >= 11 is 5.25. The van der Waals surface area contributed by atoms with Gasteiger partial charge in [0.15, 0.2) is 0 Å². The number of aryl methyl sites for hydroxylation is 2. The Morgan fingerprint density at radius 3 is 2.89 bits per heavy atom. The standard InChI is InChI=1S/C14H16BrNO2S/c1-10-14(11(2)18-16-10)9-19-7-6-17-13-5-3-4-12(15)8-13/h3-5,8H,6-7,9H2,1-2H3. The van der Waals surface area contributed by atoms with E-state index in [1.807, 2.05) is 49.9 Å². The predicted molar refractivity (Wildman–Crippen MR) is 81.8 cm³/mol. The van der Waals surface area contributed by atoms with Crippen molar-refractivity contribution < 1.29 is 9.26 Å². The maximum Gasteiger partial charge on any atom is 0.137 e. The molecule has 0 aliphatic rings. The minimum Gasteiger partial charge on any atom is -0.493 e. The van der Waals surface area contributed by atoms with Gasteiger partial charge < -0.3 is 9.26 Å². The van der Waals surface area contributed by atoms with E-state index in [1.165, 1.54) is 5.56 Å². The van der Waals surface area contributed by atoms with Gasteiger partial charge in [-0.15, -0.1) is 0 Å². The lowest BCUT2D eigenvalue weighted by Crippen LogP contribution is -2.00. The number of thioether (sulfide) groups is 1. The summed E-state index contributed by atoms with van der Waals surface area (Å²) in [6.45, 7) is 4.63. The molecule has 1 aromatic carbocycles. The summed E-state index contributed by atoms with van der Waals surface area (Å²) in [5.74, 6) is 3.67. The van der Waals surface area contributed by atoms with Crippen LogP contribution >= 0.6 is 27.7 Å². The highest BCUT2D eigenvalue weighted by molar-refractivity contribution is 9.10. The van der Waals surface area contributed by atoms with Gasteiger partial charge in [-0.05, 0) is 32.0 Å². The van der Waals surface area contributed by atoms with Crippen LogP contribution in [-0.4, -0.2) is 17.5 Å². The summed E-state index contributed by atoms with van der Waals surface area (Å²) in [4.78, 5) is 0. The third-order valence-electron chi connectivity index (χ3n) is 2.72. The SMILES string of the molecule is Cc1noc(C)c1CSCCOc1cccc(Br)c1. The number of aromatic nitrogens is 1. The van der Waals surface area contributed by atoms with Crippen LogP contribution in [0.25, 0.3) is 0 Å². The second kappa shape index (κ2) is 7.01. The summed E-state index contributed by atoms with van der Waals surface area (Å²) in [5.41, 5.74) is 2.19. The maximum atomic E-state index is 5.68. The molecule has 0 bridgehead atoms. The molecule has 0 amide bonds. The minimum atomic E-state index is 0.699. The predicted octanol–water partition coefficient (Wildman–Crippen LogP) is 4.37. The van der Waals surface area contributed by atoms with Gasteiger partial charge in [-0.1, -0.05) is 27.2 Å². The van der Waals surface area contributed by atoms with Crippen LogP contribution in [0.15, 0.2) is 33.3 Å². The Balaban J connectivity index is 1.70. The molecule has 0 N–H and O–H groups in total. The Morgan fingerprint density at radius 1 is 1.37 bits per heavy atom. The first kappa shape index (κ1) is 14.5. The van der Waals surface area contributed by atoms with Gasteiger partial charge in [-0.25, -0.2) is 0 Å². The van der Waals surface area contributed by atoms with Crippen LogP contribution in [0.5, 0.6) is 5.75 Å². The molecule has 3 nitrogen and oxygen atoms in total. The molecule has 0 aliphatic carbocycles. The average Bonchev–Trinajstić information content (AvgIpc) is 2.70. The van der Waals surface area contributed by atoms with E-state index in [0.29, 0.717) is 6.61 Å². The van der Waals surface area contributed by atoms with E-state index in [2.05, 4.69) is 21.1 Å². The van der Waals surface area contributed by atoms with E-state index in [0.717, 1.165) is 33.2 Å². The highest BCUT2D eigenvalue weighted by Crippen LogP contribution is 2.20. The lowest BCUT2D eigenvalue weighted by atomic mass is 10.2. The summed E-state index contributed by atoms with van der Waals surface area (Å²) < 4.78 is 11.8. The van der Waals surface area contributed by atoms with E-state index in [4.69, 9.17) is 9.26 Å². The van der Waals surface area contributed by atoms with Crippen LogP contribution in [-0.2, 0) is 5.75 Å². The van der Waals surface area contributed by atoms with E-state index >= 15 is 0 Å². The van der Waals surface area contributed by atoms with Crippen LogP contribution in [0.3, 0.4) is 0 Å². The smallest absolute Gasteiger partial charge is 0.137 e. The molecule has 0 saturated carbocycles. The summed E-state index contributed by atoms with van der Waals surface area (Å²) in [6.07, 6.45) is 0. The van der Waals surface area contributed by atoms with Crippen molar-refractivity contribution in [3.8, 4) is 5.75 Å². The molecule has 0 fully saturated rings.